The number of benzene rings is 2. The van der Waals surface area contributed by atoms with Crippen molar-refractivity contribution < 1.29 is 4.74 Å². The number of rotatable bonds is 6. The zero-order chi connectivity index (χ0) is 14.5. The molecule has 1 atom stereocenters. The van der Waals surface area contributed by atoms with Crippen LogP contribution in [0.3, 0.4) is 0 Å². The van der Waals surface area contributed by atoms with Crippen molar-refractivity contribution >= 4 is 10.8 Å². The first kappa shape index (κ1) is 14.9. The molecule has 2 aromatic rings. The van der Waals surface area contributed by atoms with Crippen molar-refractivity contribution in [1.29, 1.82) is 0 Å². The van der Waals surface area contributed by atoms with E-state index in [0.717, 1.165) is 5.75 Å². The van der Waals surface area contributed by atoms with Crippen molar-refractivity contribution in [3.63, 3.8) is 0 Å². The second kappa shape index (κ2) is 6.76. The van der Waals surface area contributed by atoms with E-state index in [2.05, 4.69) is 56.4 Å². The van der Waals surface area contributed by atoms with Crippen molar-refractivity contribution in [2.75, 3.05) is 7.11 Å². The number of ether oxygens (including phenoxy) is 1. The molecule has 108 valence electrons. The molecule has 2 aromatic carbocycles. The Morgan fingerprint density at radius 2 is 1.65 bits per heavy atom. The van der Waals surface area contributed by atoms with Crippen LogP contribution in [0.2, 0.25) is 0 Å². The van der Waals surface area contributed by atoms with E-state index in [0.29, 0.717) is 12.1 Å². The molecule has 0 radical (unpaired) electrons. The molecule has 1 unspecified atom stereocenters. The highest BCUT2D eigenvalue weighted by molar-refractivity contribution is 5.84. The average molecular weight is 271 g/mol. The minimum absolute atomic E-state index is 0.381. The standard InChI is InChI=1S/C18H25NO/c1-5-17(6-2)19-13(3)14-7-8-16-12-18(20-4)10-9-15(16)11-14/h7-13,17,19H,5-6H2,1-4H3. The summed E-state index contributed by atoms with van der Waals surface area (Å²) in [6.45, 7) is 6.71. The Bertz CT molecular complexity index is 560. The second-order valence-corrected chi connectivity index (χ2v) is 5.37. The average Bonchev–Trinajstić information content (AvgIpc) is 2.51. The van der Waals surface area contributed by atoms with Crippen LogP contribution in [0.1, 0.15) is 45.2 Å². The van der Waals surface area contributed by atoms with E-state index in [4.69, 9.17) is 4.74 Å². The highest BCUT2D eigenvalue weighted by Gasteiger charge is 2.10. The Morgan fingerprint density at radius 3 is 2.30 bits per heavy atom. The van der Waals surface area contributed by atoms with Crippen LogP contribution in [0.25, 0.3) is 10.8 Å². The molecule has 0 heterocycles. The molecule has 0 saturated heterocycles. The Balaban J connectivity index is 2.22. The van der Waals surface area contributed by atoms with Gasteiger partial charge in [0.15, 0.2) is 0 Å². The molecule has 1 N–H and O–H groups in total. The summed E-state index contributed by atoms with van der Waals surface area (Å²) in [4.78, 5) is 0. The molecule has 0 aromatic heterocycles. The van der Waals surface area contributed by atoms with Gasteiger partial charge in [-0.25, -0.2) is 0 Å². The van der Waals surface area contributed by atoms with Gasteiger partial charge in [0.1, 0.15) is 5.75 Å². The maximum absolute atomic E-state index is 5.27. The van der Waals surface area contributed by atoms with Crippen LogP contribution in [-0.2, 0) is 0 Å². The molecule has 0 saturated carbocycles. The van der Waals surface area contributed by atoms with Crippen LogP contribution in [0.15, 0.2) is 36.4 Å². The Hall–Kier alpha value is -1.54. The molecule has 0 bridgehead atoms. The third-order valence-corrected chi connectivity index (χ3v) is 4.04. The minimum Gasteiger partial charge on any atom is -0.497 e. The van der Waals surface area contributed by atoms with Gasteiger partial charge >= 0.3 is 0 Å². The number of fused-ring (bicyclic) bond motifs is 1. The van der Waals surface area contributed by atoms with Crippen molar-refractivity contribution in [3.8, 4) is 5.75 Å². The quantitative estimate of drug-likeness (QED) is 0.823. The zero-order valence-electron chi connectivity index (χ0n) is 12.9. The SMILES string of the molecule is CCC(CC)NC(C)c1ccc2cc(OC)ccc2c1. The van der Waals surface area contributed by atoms with Gasteiger partial charge in [-0.15, -0.1) is 0 Å². The molecule has 0 spiro atoms. The van der Waals surface area contributed by atoms with Gasteiger partial charge in [0.2, 0.25) is 0 Å². The lowest BCUT2D eigenvalue weighted by Gasteiger charge is -2.21. The molecule has 20 heavy (non-hydrogen) atoms. The molecule has 2 heteroatoms. The smallest absolute Gasteiger partial charge is 0.119 e. The maximum Gasteiger partial charge on any atom is 0.119 e. The van der Waals surface area contributed by atoms with Crippen molar-refractivity contribution in [2.24, 2.45) is 0 Å². The Kier molecular flexibility index (Phi) is 5.02. The summed E-state index contributed by atoms with van der Waals surface area (Å²) in [6.07, 6.45) is 2.34. The van der Waals surface area contributed by atoms with E-state index in [-0.39, 0.29) is 0 Å². The van der Waals surface area contributed by atoms with Crippen LogP contribution >= 0.6 is 0 Å². The van der Waals surface area contributed by atoms with Crippen molar-refractivity contribution in [1.82, 2.24) is 5.32 Å². The molecule has 2 nitrogen and oxygen atoms in total. The highest BCUT2D eigenvalue weighted by atomic mass is 16.5. The van der Waals surface area contributed by atoms with Crippen LogP contribution in [-0.4, -0.2) is 13.2 Å². The van der Waals surface area contributed by atoms with Gasteiger partial charge in [-0.2, -0.15) is 0 Å². The van der Waals surface area contributed by atoms with Crippen LogP contribution in [0, 0.1) is 0 Å². The third-order valence-electron chi connectivity index (χ3n) is 4.04. The van der Waals surface area contributed by atoms with Gasteiger partial charge in [-0.3, -0.25) is 0 Å². The van der Waals surface area contributed by atoms with Gasteiger partial charge in [-0.1, -0.05) is 32.0 Å². The summed E-state index contributed by atoms with van der Waals surface area (Å²) < 4.78 is 5.27. The molecule has 0 aliphatic heterocycles. The zero-order valence-corrected chi connectivity index (χ0v) is 12.9. The fraction of sp³-hybridized carbons (Fsp3) is 0.444. The predicted molar refractivity (Wildman–Crippen MR) is 86.4 cm³/mol. The van der Waals surface area contributed by atoms with Crippen LogP contribution < -0.4 is 10.1 Å². The Morgan fingerprint density at radius 1 is 1.00 bits per heavy atom. The molecule has 0 fully saturated rings. The monoisotopic (exact) mass is 271 g/mol. The number of hydrogen-bond donors (Lipinski definition) is 1. The van der Waals surface area contributed by atoms with E-state index in [1.54, 1.807) is 7.11 Å². The maximum atomic E-state index is 5.27. The molecular formula is C18H25NO. The van der Waals surface area contributed by atoms with E-state index < -0.39 is 0 Å². The fourth-order valence-electron chi connectivity index (χ4n) is 2.61. The van der Waals surface area contributed by atoms with E-state index in [1.807, 2.05) is 6.07 Å². The first-order chi connectivity index (χ1) is 9.67. The molecule has 2 rings (SSSR count). The minimum atomic E-state index is 0.381. The van der Waals surface area contributed by atoms with Gasteiger partial charge in [0.25, 0.3) is 0 Å². The summed E-state index contributed by atoms with van der Waals surface area (Å²) in [5.74, 6) is 0.911. The van der Waals surface area contributed by atoms with E-state index in [9.17, 15) is 0 Å². The lowest BCUT2D eigenvalue weighted by atomic mass is 10.0. The number of nitrogens with one attached hydrogen (secondary N) is 1. The first-order valence-corrected chi connectivity index (χ1v) is 7.51. The molecule has 0 amide bonds. The van der Waals surface area contributed by atoms with Gasteiger partial charge in [-0.05, 0) is 54.3 Å². The summed E-state index contributed by atoms with van der Waals surface area (Å²) in [7, 11) is 1.71. The third kappa shape index (κ3) is 3.31. The predicted octanol–water partition coefficient (Wildman–Crippen LogP) is 4.69. The highest BCUT2D eigenvalue weighted by Crippen LogP contribution is 2.24. The van der Waals surface area contributed by atoms with Gasteiger partial charge < -0.3 is 10.1 Å². The number of methoxy groups -OCH3 is 1. The van der Waals surface area contributed by atoms with Crippen LogP contribution in [0.5, 0.6) is 5.75 Å². The second-order valence-electron chi connectivity index (χ2n) is 5.37. The molecule has 0 aliphatic rings. The van der Waals surface area contributed by atoms with Crippen LogP contribution in [0.4, 0.5) is 0 Å². The fourth-order valence-corrected chi connectivity index (χ4v) is 2.61. The summed E-state index contributed by atoms with van der Waals surface area (Å²) in [5.41, 5.74) is 1.34. The lowest BCUT2D eigenvalue weighted by molar-refractivity contribution is 0.415. The van der Waals surface area contributed by atoms with Crippen molar-refractivity contribution in [3.05, 3.63) is 42.0 Å². The molecule has 0 aliphatic carbocycles. The largest absolute Gasteiger partial charge is 0.497 e. The first-order valence-electron chi connectivity index (χ1n) is 7.51. The van der Waals surface area contributed by atoms with Gasteiger partial charge in [0, 0.05) is 12.1 Å². The summed E-state index contributed by atoms with van der Waals surface area (Å²) in [6, 6.07) is 13.9. The summed E-state index contributed by atoms with van der Waals surface area (Å²) >= 11 is 0. The topological polar surface area (TPSA) is 21.3 Å². The number of hydrogen-bond acceptors (Lipinski definition) is 2. The normalized spacial score (nSPS) is 12.8. The van der Waals surface area contributed by atoms with E-state index in [1.165, 1.54) is 29.2 Å². The summed E-state index contributed by atoms with van der Waals surface area (Å²) in [5, 5.41) is 6.19. The lowest BCUT2D eigenvalue weighted by Crippen LogP contribution is -2.30. The van der Waals surface area contributed by atoms with Crippen molar-refractivity contribution in [2.45, 2.75) is 45.7 Å². The van der Waals surface area contributed by atoms with Gasteiger partial charge in [0.05, 0.1) is 7.11 Å². The van der Waals surface area contributed by atoms with E-state index >= 15 is 0 Å². The molecular weight excluding hydrogens is 246 g/mol. The Labute approximate surface area is 122 Å².